The average Bonchev–Trinajstić information content (AvgIpc) is 2.74. The standard InChI is InChI=1S/C16H22N2O/c1-12-11-13(18-17-12)9-10-19-15-8-6-5-7-14(15)16(2,3)4/h5-8,11H,9-10H2,1-4H3,(H,17,18). The minimum absolute atomic E-state index is 0.0967. The van der Waals surface area contributed by atoms with Crippen LogP contribution in [-0.2, 0) is 11.8 Å². The first-order valence-corrected chi connectivity index (χ1v) is 6.70. The number of benzene rings is 1. The summed E-state index contributed by atoms with van der Waals surface area (Å²) in [6.45, 7) is 9.26. The highest BCUT2D eigenvalue weighted by molar-refractivity contribution is 5.38. The Hall–Kier alpha value is -1.77. The molecule has 0 bridgehead atoms. The van der Waals surface area contributed by atoms with E-state index in [-0.39, 0.29) is 5.41 Å². The van der Waals surface area contributed by atoms with Gasteiger partial charge in [0.15, 0.2) is 0 Å². The molecule has 0 unspecified atom stereocenters. The largest absolute Gasteiger partial charge is 0.493 e. The number of rotatable bonds is 4. The molecule has 1 heterocycles. The first kappa shape index (κ1) is 13.7. The van der Waals surface area contributed by atoms with Crippen LogP contribution in [0, 0.1) is 6.92 Å². The maximum atomic E-state index is 5.92. The normalized spacial score (nSPS) is 11.6. The Labute approximate surface area is 115 Å². The quantitative estimate of drug-likeness (QED) is 0.909. The SMILES string of the molecule is Cc1cc(CCOc2ccccc2C(C)(C)C)n[nH]1. The lowest BCUT2D eigenvalue weighted by atomic mass is 9.86. The Morgan fingerprint density at radius 2 is 1.95 bits per heavy atom. The van der Waals surface area contributed by atoms with E-state index < -0.39 is 0 Å². The summed E-state index contributed by atoms with van der Waals surface area (Å²) < 4.78 is 5.92. The number of nitrogens with one attached hydrogen (secondary N) is 1. The summed E-state index contributed by atoms with van der Waals surface area (Å²) >= 11 is 0. The fraction of sp³-hybridized carbons (Fsp3) is 0.438. The van der Waals surface area contributed by atoms with Crippen LogP contribution in [0.2, 0.25) is 0 Å². The topological polar surface area (TPSA) is 37.9 Å². The van der Waals surface area contributed by atoms with Crippen molar-refractivity contribution in [1.29, 1.82) is 0 Å². The number of para-hydroxylation sites is 1. The zero-order valence-corrected chi connectivity index (χ0v) is 12.2. The van der Waals surface area contributed by atoms with Gasteiger partial charge in [-0.1, -0.05) is 39.0 Å². The first-order valence-electron chi connectivity index (χ1n) is 6.70. The molecule has 1 aromatic heterocycles. The molecule has 0 aliphatic carbocycles. The van der Waals surface area contributed by atoms with E-state index in [9.17, 15) is 0 Å². The number of aromatic amines is 1. The van der Waals surface area contributed by atoms with Crippen molar-refractivity contribution in [3.8, 4) is 5.75 Å². The number of hydrogen-bond acceptors (Lipinski definition) is 2. The molecule has 0 spiro atoms. The number of aromatic nitrogens is 2. The monoisotopic (exact) mass is 258 g/mol. The van der Waals surface area contributed by atoms with Gasteiger partial charge in [0.1, 0.15) is 5.75 Å². The van der Waals surface area contributed by atoms with Crippen molar-refractivity contribution in [3.05, 3.63) is 47.3 Å². The van der Waals surface area contributed by atoms with Crippen LogP contribution in [0.3, 0.4) is 0 Å². The van der Waals surface area contributed by atoms with Gasteiger partial charge in [-0.25, -0.2) is 0 Å². The molecule has 0 aliphatic rings. The highest BCUT2D eigenvalue weighted by Crippen LogP contribution is 2.30. The highest BCUT2D eigenvalue weighted by Gasteiger charge is 2.18. The maximum absolute atomic E-state index is 5.92. The molecule has 0 fully saturated rings. The van der Waals surface area contributed by atoms with Crippen molar-refractivity contribution in [1.82, 2.24) is 10.2 Å². The Balaban J connectivity index is 2.00. The fourth-order valence-corrected chi connectivity index (χ4v) is 2.08. The molecule has 0 saturated carbocycles. The second-order valence-corrected chi connectivity index (χ2v) is 5.89. The van der Waals surface area contributed by atoms with E-state index in [0.717, 1.165) is 23.6 Å². The van der Waals surface area contributed by atoms with Crippen LogP contribution in [0.15, 0.2) is 30.3 Å². The maximum Gasteiger partial charge on any atom is 0.123 e. The van der Waals surface area contributed by atoms with Crippen LogP contribution in [0.25, 0.3) is 0 Å². The number of nitrogens with zero attached hydrogens (tertiary/aromatic N) is 1. The van der Waals surface area contributed by atoms with Crippen LogP contribution >= 0.6 is 0 Å². The molecule has 0 saturated heterocycles. The molecular formula is C16H22N2O. The van der Waals surface area contributed by atoms with Crippen molar-refractivity contribution >= 4 is 0 Å². The minimum atomic E-state index is 0.0967. The molecule has 0 aliphatic heterocycles. The van der Waals surface area contributed by atoms with Gasteiger partial charge in [0, 0.05) is 12.1 Å². The summed E-state index contributed by atoms with van der Waals surface area (Å²) in [6, 6.07) is 10.3. The molecular weight excluding hydrogens is 236 g/mol. The lowest BCUT2D eigenvalue weighted by molar-refractivity contribution is 0.311. The Morgan fingerprint density at radius 3 is 2.58 bits per heavy atom. The van der Waals surface area contributed by atoms with Crippen LogP contribution in [0.1, 0.15) is 37.7 Å². The van der Waals surface area contributed by atoms with Crippen molar-refractivity contribution in [2.45, 2.75) is 39.5 Å². The van der Waals surface area contributed by atoms with Crippen molar-refractivity contribution in [3.63, 3.8) is 0 Å². The van der Waals surface area contributed by atoms with Gasteiger partial charge in [0.25, 0.3) is 0 Å². The third-order valence-corrected chi connectivity index (χ3v) is 3.07. The molecule has 0 amide bonds. The molecule has 0 radical (unpaired) electrons. The van der Waals surface area contributed by atoms with Gasteiger partial charge in [0.05, 0.1) is 12.3 Å². The van der Waals surface area contributed by atoms with Crippen LogP contribution in [0.4, 0.5) is 0 Å². The van der Waals surface area contributed by atoms with Crippen molar-refractivity contribution in [2.24, 2.45) is 0 Å². The lowest BCUT2D eigenvalue weighted by Gasteiger charge is -2.22. The summed E-state index contributed by atoms with van der Waals surface area (Å²) in [5.41, 5.74) is 3.48. The highest BCUT2D eigenvalue weighted by atomic mass is 16.5. The predicted molar refractivity (Wildman–Crippen MR) is 77.7 cm³/mol. The Morgan fingerprint density at radius 1 is 1.21 bits per heavy atom. The molecule has 3 nitrogen and oxygen atoms in total. The molecule has 0 atom stereocenters. The van der Waals surface area contributed by atoms with Gasteiger partial charge >= 0.3 is 0 Å². The summed E-state index contributed by atoms with van der Waals surface area (Å²) in [4.78, 5) is 0. The Kier molecular flexibility index (Phi) is 3.93. The fourth-order valence-electron chi connectivity index (χ4n) is 2.08. The molecule has 1 aromatic carbocycles. The molecule has 3 heteroatoms. The molecule has 2 rings (SSSR count). The zero-order chi connectivity index (χ0) is 13.9. The summed E-state index contributed by atoms with van der Waals surface area (Å²) in [6.07, 6.45) is 0.822. The van der Waals surface area contributed by atoms with E-state index in [4.69, 9.17) is 4.74 Å². The van der Waals surface area contributed by atoms with Gasteiger partial charge in [-0.05, 0) is 30.0 Å². The smallest absolute Gasteiger partial charge is 0.123 e. The van der Waals surface area contributed by atoms with Gasteiger partial charge in [-0.2, -0.15) is 5.10 Å². The summed E-state index contributed by atoms with van der Waals surface area (Å²) in [5.74, 6) is 0.974. The van der Waals surface area contributed by atoms with Gasteiger partial charge in [-0.15, -0.1) is 0 Å². The Bertz CT molecular complexity index is 538. The van der Waals surface area contributed by atoms with E-state index in [2.05, 4.69) is 49.2 Å². The third kappa shape index (κ3) is 3.60. The minimum Gasteiger partial charge on any atom is -0.493 e. The summed E-state index contributed by atoms with van der Waals surface area (Å²) in [5, 5.41) is 7.16. The first-order chi connectivity index (χ1) is 8.97. The average molecular weight is 258 g/mol. The van der Waals surface area contributed by atoms with Crippen molar-refractivity contribution < 1.29 is 4.74 Å². The summed E-state index contributed by atoms with van der Waals surface area (Å²) in [7, 11) is 0. The second kappa shape index (κ2) is 5.47. The van der Waals surface area contributed by atoms with E-state index in [1.807, 2.05) is 19.1 Å². The van der Waals surface area contributed by atoms with E-state index in [0.29, 0.717) is 6.61 Å². The molecule has 1 N–H and O–H groups in total. The van der Waals surface area contributed by atoms with Crippen LogP contribution in [0.5, 0.6) is 5.75 Å². The van der Waals surface area contributed by atoms with E-state index in [1.54, 1.807) is 0 Å². The third-order valence-electron chi connectivity index (χ3n) is 3.07. The number of H-pyrrole nitrogens is 1. The van der Waals surface area contributed by atoms with E-state index >= 15 is 0 Å². The zero-order valence-electron chi connectivity index (χ0n) is 12.2. The molecule has 2 aromatic rings. The van der Waals surface area contributed by atoms with Crippen LogP contribution < -0.4 is 4.74 Å². The van der Waals surface area contributed by atoms with Gasteiger partial charge in [0.2, 0.25) is 0 Å². The number of aryl methyl sites for hydroxylation is 1. The molecule has 19 heavy (non-hydrogen) atoms. The van der Waals surface area contributed by atoms with Gasteiger partial charge in [-0.3, -0.25) is 5.10 Å². The lowest BCUT2D eigenvalue weighted by Crippen LogP contribution is -2.14. The van der Waals surface area contributed by atoms with Crippen LogP contribution in [-0.4, -0.2) is 16.8 Å². The van der Waals surface area contributed by atoms with Crippen molar-refractivity contribution in [2.75, 3.05) is 6.61 Å². The predicted octanol–water partition coefficient (Wildman–Crippen LogP) is 3.64. The second-order valence-electron chi connectivity index (χ2n) is 5.89. The van der Waals surface area contributed by atoms with Gasteiger partial charge < -0.3 is 4.74 Å². The number of ether oxygens (including phenoxy) is 1. The molecule has 102 valence electrons. The number of hydrogen-bond donors (Lipinski definition) is 1. The van der Waals surface area contributed by atoms with E-state index in [1.165, 1.54) is 5.56 Å².